The van der Waals surface area contributed by atoms with E-state index in [4.69, 9.17) is 13.9 Å². The number of methoxy groups -OCH3 is 1. The molecule has 1 aromatic carbocycles. The van der Waals surface area contributed by atoms with Crippen LogP contribution in [0.15, 0.2) is 40.8 Å². The summed E-state index contributed by atoms with van der Waals surface area (Å²) in [7, 11) is 1.62. The van der Waals surface area contributed by atoms with Crippen molar-refractivity contribution in [1.29, 1.82) is 0 Å². The van der Waals surface area contributed by atoms with Gasteiger partial charge in [0.15, 0.2) is 0 Å². The maximum absolute atomic E-state index is 10.4. The van der Waals surface area contributed by atoms with E-state index in [2.05, 4.69) is 0 Å². The molecule has 4 nitrogen and oxygen atoms in total. The Balaban J connectivity index is 2.18. The third-order valence-electron chi connectivity index (χ3n) is 3.06. The van der Waals surface area contributed by atoms with Crippen LogP contribution in [0.3, 0.4) is 0 Å². The molecule has 1 heterocycles. The summed E-state index contributed by atoms with van der Waals surface area (Å²) in [4.78, 5) is 0. The smallest absolute Gasteiger partial charge is 0.140 e. The van der Waals surface area contributed by atoms with Crippen molar-refractivity contribution in [3.8, 4) is 5.75 Å². The summed E-state index contributed by atoms with van der Waals surface area (Å²) in [6.07, 6.45) is -0.0207. The van der Waals surface area contributed by atoms with Gasteiger partial charge in [-0.05, 0) is 18.2 Å². The quantitative estimate of drug-likeness (QED) is 0.790. The van der Waals surface area contributed by atoms with E-state index in [9.17, 15) is 5.11 Å². The highest BCUT2D eigenvalue weighted by Gasteiger charge is 2.18. The van der Waals surface area contributed by atoms with Crippen LogP contribution in [0.2, 0.25) is 0 Å². The van der Waals surface area contributed by atoms with Gasteiger partial charge in [-0.25, -0.2) is 0 Å². The van der Waals surface area contributed by atoms with Gasteiger partial charge in [-0.3, -0.25) is 0 Å². The summed E-state index contributed by atoms with van der Waals surface area (Å²) >= 11 is 0. The average Bonchev–Trinajstić information content (AvgIpc) is 2.96. The SMILES string of the molecule is CCc1ccc(C(O)c2ccccc2OCCOC)o1. The Morgan fingerprint density at radius 3 is 2.65 bits per heavy atom. The second kappa shape index (κ2) is 7.12. The zero-order valence-corrected chi connectivity index (χ0v) is 11.8. The predicted molar refractivity (Wildman–Crippen MR) is 76.0 cm³/mol. The molecule has 1 N–H and O–H groups in total. The molecule has 2 aromatic rings. The van der Waals surface area contributed by atoms with E-state index in [1.807, 2.05) is 37.3 Å². The number of rotatable bonds is 7. The first kappa shape index (κ1) is 14.6. The minimum Gasteiger partial charge on any atom is -0.491 e. The molecule has 0 aliphatic heterocycles. The lowest BCUT2D eigenvalue weighted by atomic mass is 10.1. The van der Waals surface area contributed by atoms with Crippen molar-refractivity contribution in [1.82, 2.24) is 0 Å². The number of hydrogen-bond acceptors (Lipinski definition) is 4. The van der Waals surface area contributed by atoms with Crippen LogP contribution >= 0.6 is 0 Å². The molecule has 2 rings (SSSR count). The lowest BCUT2D eigenvalue weighted by Crippen LogP contribution is -2.08. The number of aliphatic hydroxyl groups excluding tert-OH is 1. The molecule has 0 radical (unpaired) electrons. The summed E-state index contributed by atoms with van der Waals surface area (Å²) < 4.78 is 16.2. The molecule has 0 amide bonds. The van der Waals surface area contributed by atoms with Gasteiger partial charge in [-0.2, -0.15) is 0 Å². The molecule has 0 fully saturated rings. The Morgan fingerprint density at radius 1 is 1.15 bits per heavy atom. The molecule has 1 aromatic heterocycles. The Labute approximate surface area is 118 Å². The van der Waals surface area contributed by atoms with Crippen LogP contribution < -0.4 is 4.74 Å². The zero-order valence-electron chi connectivity index (χ0n) is 11.8. The lowest BCUT2D eigenvalue weighted by molar-refractivity contribution is 0.140. The van der Waals surface area contributed by atoms with E-state index in [-0.39, 0.29) is 0 Å². The lowest BCUT2D eigenvalue weighted by Gasteiger charge is -2.14. The molecular weight excluding hydrogens is 256 g/mol. The summed E-state index contributed by atoms with van der Waals surface area (Å²) in [6.45, 7) is 2.96. The molecule has 4 heteroatoms. The number of para-hydroxylation sites is 1. The second-order valence-corrected chi connectivity index (χ2v) is 4.44. The van der Waals surface area contributed by atoms with Crippen LogP contribution in [0.1, 0.15) is 30.1 Å². The fraction of sp³-hybridized carbons (Fsp3) is 0.375. The maximum atomic E-state index is 10.4. The maximum Gasteiger partial charge on any atom is 0.140 e. The van der Waals surface area contributed by atoms with E-state index in [0.29, 0.717) is 30.3 Å². The second-order valence-electron chi connectivity index (χ2n) is 4.44. The van der Waals surface area contributed by atoms with E-state index in [1.165, 1.54) is 0 Å². The van der Waals surface area contributed by atoms with Gasteiger partial charge in [0.05, 0.1) is 6.61 Å². The monoisotopic (exact) mass is 276 g/mol. The van der Waals surface area contributed by atoms with Crippen molar-refractivity contribution in [3.63, 3.8) is 0 Å². The Morgan fingerprint density at radius 2 is 1.95 bits per heavy atom. The third kappa shape index (κ3) is 3.40. The van der Waals surface area contributed by atoms with Crippen LogP contribution in [-0.4, -0.2) is 25.4 Å². The highest BCUT2D eigenvalue weighted by Crippen LogP contribution is 2.30. The van der Waals surface area contributed by atoms with Crippen molar-refractivity contribution >= 4 is 0 Å². The number of benzene rings is 1. The summed E-state index contributed by atoms with van der Waals surface area (Å²) in [5.74, 6) is 2.04. The van der Waals surface area contributed by atoms with Crippen molar-refractivity contribution in [2.75, 3.05) is 20.3 Å². The Kier molecular flexibility index (Phi) is 5.21. The predicted octanol–water partition coefficient (Wildman–Crippen LogP) is 2.95. The normalized spacial score (nSPS) is 12.3. The van der Waals surface area contributed by atoms with Crippen molar-refractivity contribution < 1.29 is 19.0 Å². The largest absolute Gasteiger partial charge is 0.491 e. The van der Waals surface area contributed by atoms with Crippen LogP contribution in [0.5, 0.6) is 5.75 Å². The number of ether oxygens (including phenoxy) is 2. The first-order valence-electron chi connectivity index (χ1n) is 6.73. The van der Waals surface area contributed by atoms with E-state index in [1.54, 1.807) is 13.2 Å². The minimum absolute atomic E-state index is 0.443. The molecular formula is C16H20O4. The first-order valence-corrected chi connectivity index (χ1v) is 6.73. The van der Waals surface area contributed by atoms with Gasteiger partial charge < -0.3 is 19.0 Å². The average molecular weight is 276 g/mol. The van der Waals surface area contributed by atoms with Crippen molar-refractivity contribution in [2.45, 2.75) is 19.4 Å². The van der Waals surface area contributed by atoms with Gasteiger partial charge >= 0.3 is 0 Å². The van der Waals surface area contributed by atoms with Crippen molar-refractivity contribution in [2.24, 2.45) is 0 Å². The Bertz CT molecular complexity index is 533. The third-order valence-corrected chi connectivity index (χ3v) is 3.06. The minimum atomic E-state index is -0.825. The number of hydrogen-bond donors (Lipinski definition) is 1. The topological polar surface area (TPSA) is 51.8 Å². The van der Waals surface area contributed by atoms with Crippen LogP contribution in [0, 0.1) is 0 Å². The number of aliphatic hydroxyl groups is 1. The molecule has 20 heavy (non-hydrogen) atoms. The highest BCUT2D eigenvalue weighted by atomic mass is 16.5. The van der Waals surface area contributed by atoms with E-state index < -0.39 is 6.10 Å². The van der Waals surface area contributed by atoms with E-state index >= 15 is 0 Å². The van der Waals surface area contributed by atoms with Crippen molar-refractivity contribution in [3.05, 3.63) is 53.5 Å². The molecule has 0 aliphatic carbocycles. The van der Waals surface area contributed by atoms with Gasteiger partial charge in [0.25, 0.3) is 0 Å². The summed E-state index contributed by atoms with van der Waals surface area (Å²) in [6, 6.07) is 11.1. The van der Waals surface area contributed by atoms with Gasteiger partial charge in [0.1, 0.15) is 30.0 Å². The van der Waals surface area contributed by atoms with E-state index in [0.717, 1.165) is 12.2 Å². The standard InChI is InChI=1S/C16H20O4/c1-3-12-8-9-15(20-12)16(17)13-6-4-5-7-14(13)19-11-10-18-2/h4-9,16-17H,3,10-11H2,1-2H3. The molecule has 108 valence electrons. The molecule has 0 bridgehead atoms. The van der Waals surface area contributed by atoms with Gasteiger partial charge in [-0.15, -0.1) is 0 Å². The molecule has 0 aliphatic rings. The summed E-state index contributed by atoms with van der Waals surface area (Å²) in [5.41, 5.74) is 0.695. The van der Waals surface area contributed by atoms with Crippen LogP contribution in [0.25, 0.3) is 0 Å². The number of furan rings is 1. The first-order chi connectivity index (χ1) is 9.76. The van der Waals surface area contributed by atoms with Gasteiger partial charge in [0, 0.05) is 19.1 Å². The molecule has 0 spiro atoms. The van der Waals surface area contributed by atoms with Gasteiger partial charge in [-0.1, -0.05) is 25.1 Å². The molecule has 0 saturated heterocycles. The van der Waals surface area contributed by atoms with Crippen LogP contribution in [-0.2, 0) is 11.2 Å². The fourth-order valence-corrected chi connectivity index (χ4v) is 1.96. The molecule has 1 unspecified atom stereocenters. The molecule has 0 saturated carbocycles. The zero-order chi connectivity index (χ0) is 14.4. The Hall–Kier alpha value is -1.78. The molecule has 1 atom stereocenters. The van der Waals surface area contributed by atoms with Crippen LogP contribution in [0.4, 0.5) is 0 Å². The fourth-order valence-electron chi connectivity index (χ4n) is 1.96. The highest BCUT2D eigenvalue weighted by molar-refractivity contribution is 5.38. The number of aryl methyl sites for hydroxylation is 1. The van der Waals surface area contributed by atoms with Gasteiger partial charge in [0.2, 0.25) is 0 Å². The summed E-state index contributed by atoms with van der Waals surface area (Å²) in [5, 5.41) is 10.4.